The summed E-state index contributed by atoms with van der Waals surface area (Å²) in [6.07, 6.45) is 13.0. The third-order valence-corrected chi connectivity index (χ3v) is 15.5. The highest BCUT2D eigenvalue weighted by molar-refractivity contribution is 5.76. The van der Waals surface area contributed by atoms with Gasteiger partial charge in [-0.2, -0.15) is 0 Å². The Morgan fingerprint density at radius 2 is 1.57 bits per heavy atom. The number of hydrogen-bond acceptors (Lipinski definition) is 5. The maximum atomic E-state index is 13.2. The molecule has 0 amide bonds. The molecule has 0 spiro atoms. The topological polar surface area (TPSA) is 96.4 Å². The van der Waals surface area contributed by atoms with Gasteiger partial charge in [0.25, 0.3) is 0 Å². The van der Waals surface area contributed by atoms with Crippen molar-refractivity contribution in [2.24, 2.45) is 56.7 Å². The van der Waals surface area contributed by atoms with Crippen LogP contribution in [-0.4, -0.2) is 47.1 Å². The molecule has 42 heavy (non-hydrogen) atoms. The van der Waals surface area contributed by atoms with Gasteiger partial charge in [0.2, 0.25) is 0 Å². The molecule has 0 bridgehead atoms. The van der Waals surface area contributed by atoms with E-state index in [0.717, 1.165) is 77.0 Å². The van der Waals surface area contributed by atoms with Crippen LogP contribution >= 0.6 is 0 Å². The number of esters is 1. The molecule has 5 aliphatic carbocycles. The SMILES string of the molecule is CCCCCC(=O)OCC1([C@@H]2CC[C@]3(C(=O)O)CC[C@]4(C)C(CCC5[C@@]6(C)CC[C@@H](O)C(C)(C)C6CC[C@]54C)[C@H]23)CO1. The van der Waals surface area contributed by atoms with Gasteiger partial charge in [-0.05, 0) is 122 Å². The van der Waals surface area contributed by atoms with E-state index in [1.807, 2.05) is 0 Å². The van der Waals surface area contributed by atoms with Crippen LogP contribution in [0.4, 0.5) is 0 Å². The number of carbonyl (C=O) groups excluding carboxylic acids is 1. The molecule has 1 heterocycles. The van der Waals surface area contributed by atoms with Gasteiger partial charge in [0.1, 0.15) is 12.2 Å². The Bertz CT molecular complexity index is 1080. The lowest BCUT2D eigenvalue weighted by atomic mass is 9.32. The number of aliphatic hydroxyl groups excluding tert-OH is 1. The summed E-state index contributed by atoms with van der Waals surface area (Å²) in [7, 11) is 0. The van der Waals surface area contributed by atoms with Crippen molar-refractivity contribution in [3.05, 3.63) is 0 Å². The summed E-state index contributed by atoms with van der Waals surface area (Å²) in [6, 6.07) is 0. The summed E-state index contributed by atoms with van der Waals surface area (Å²) in [5, 5.41) is 21.9. The lowest BCUT2D eigenvalue weighted by Gasteiger charge is -2.72. The van der Waals surface area contributed by atoms with Crippen LogP contribution in [0.15, 0.2) is 0 Å². The third-order valence-electron chi connectivity index (χ3n) is 15.5. The lowest BCUT2D eigenvalue weighted by Crippen LogP contribution is -2.67. The minimum atomic E-state index is -0.694. The van der Waals surface area contributed by atoms with Gasteiger partial charge in [-0.1, -0.05) is 54.4 Å². The fourth-order valence-corrected chi connectivity index (χ4v) is 12.8. The highest BCUT2D eigenvalue weighted by atomic mass is 16.6. The van der Waals surface area contributed by atoms with Gasteiger partial charge in [-0.3, -0.25) is 9.59 Å². The minimum Gasteiger partial charge on any atom is -0.481 e. The first-order valence-corrected chi connectivity index (χ1v) is 17.4. The Hall–Kier alpha value is -1.14. The number of carbonyl (C=O) groups is 2. The van der Waals surface area contributed by atoms with Crippen LogP contribution in [0.25, 0.3) is 0 Å². The molecule has 238 valence electrons. The van der Waals surface area contributed by atoms with Gasteiger partial charge in [0.05, 0.1) is 18.1 Å². The molecule has 0 aromatic rings. The first-order valence-electron chi connectivity index (χ1n) is 17.4. The molecular formula is C36H58O6. The highest BCUT2D eigenvalue weighted by Gasteiger charge is 2.74. The maximum Gasteiger partial charge on any atom is 0.309 e. The second kappa shape index (κ2) is 10.2. The van der Waals surface area contributed by atoms with E-state index in [9.17, 15) is 19.8 Å². The lowest BCUT2D eigenvalue weighted by molar-refractivity contribution is -0.250. The zero-order valence-electron chi connectivity index (χ0n) is 27.3. The monoisotopic (exact) mass is 586 g/mol. The van der Waals surface area contributed by atoms with E-state index in [-0.39, 0.29) is 52.2 Å². The maximum absolute atomic E-state index is 13.2. The number of epoxide rings is 1. The summed E-state index contributed by atoms with van der Waals surface area (Å²) < 4.78 is 12.0. The number of hydrogen-bond donors (Lipinski definition) is 2. The molecule has 6 heteroatoms. The van der Waals surface area contributed by atoms with Crippen molar-refractivity contribution in [3.8, 4) is 0 Å². The van der Waals surface area contributed by atoms with Crippen molar-refractivity contribution < 1.29 is 29.3 Å². The second-order valence-corrected chi connectivity index (χ2v) is 17.1. The molecule has 1 aliphatic heterocycles. The Balaban J connectivity index is 1.30. The molecule has 11 atom stereocenters. The number of aliphatic hydroxyl groups is 1. The standard InChI is InChI=1S/C36H58O6/c1-7-8-9-10-28(38)41-21-36(22-42-36)24-13-18-35(30(39)40)20-19-33(5)23(29(24)35)11-12-26-32(4)16-15-27(37)31(2,3)25(32)14-17-34(26,33)6/h23-27,29,37H,7-22H2,1-6H3,(H,39,40)/t23?,24-,25?,26?,27-,29-,32+,33-,34-,35+,36?/m1/s1. The van der Waals surface area contributed by atoms with Crippen molar-refractivity contribution in [3.63, 3.8) is 0 Å². The molecule has 6 rings (SSSR count). The fraction of sp³-hybridized carbons (Fsp3) is 0.944. The molecule has 6 fully saturated rings. The van der Waals surface area contributed by atoms with E-state index in [1.54, 1.807) is 0 Å². The van der Waals surface area contributed by atoms with Gasteiger partial charge in [-0.15, -0.1) is 0 Å². The Morgan fingerprint density at radius 1 is 0.833 bits per heavy atom. The molecular weight excluding hydrogens is 528 g/mol. The zero-order valence-corrected chi connectivity index (χ0v) is 27.3. The quantitative estimate of drug-likeness (QED) is 0.175. The van der Waals surface area contributed by atoms with Crippen LogP contribution in [0.5, 0.6) is 0 Å². The molecule has 0 aromatic heterocycles. The number of unbranched alkanes of at least 4 members (excludes halogenated alkanes) is 2. The summed E-state index contributed by atoms with van der Waals surface area (Å²) in [6.45, 7) is 15.2. The van der Waals surface area contributed by atoms with Gasteiger partial charge in [0, 0.05) is 6.42 Å². The van der Waals surface area contributed by atoms with E-state index < -0.39 is 17.0 Å². The zero-order chi connectivity index (χ0) is 30.3. The summed E-state index contributed by atoms with van der Waals surface area (Å²) in [5.74, 6) is 0.857. The largest absolute Gasteiger partial charge is 0.481 e. The molecule has 0 radical (unpaired) electrons. The van der Waals surface area contributed by atoms with Gasteiger partial charge in [0.15, 0.2) is 0 Å². The predicted octanol–water partition coefficient (Wildman–Crippen LogP) is 7.41. The predicted molar refractivity (Wildman–Crippen MR) is 162 cm³/mol. The van der Waals surface area contributed by atoms with Crippen LogP contribution in [0.1, 0.15) is 131 Å². The Kier molecular flexibility index (Phi) is 7.49. The molecule has 5 saturated carbocycles. The summed E-state index contributed by atoms with van der Waals surface area (Å²) >= 11 is 0. The Morgan fingerprint density at radius 3 is 2.24 bits per heavy atom. The van der Waals surface area contributed by atoms with Gasteiger partial charge >= 0.3 is 11.9 Å². The minimum absolute atomic E-state index is 0.0583. The van der Waals surface area contributed by atoms with Crippen molar-refractivity contribution in [2.45, 2.75) is 143 Å². The smallest absolute Gasteiger partial charge is 0.309 e. The van der Waals surface area contributed by atoms with Crippen molar-refractivity contribution in [2.75, 3.05) is 13.2 Å². The van der Waals surface area contributed by atoms with Crippen LogP contribution in [0.2, 0.25) is 0 Å². The first kappa shape index (κ1) is 30.9. The fourth-order valence-electron chi connectivity index (χ4n) is 12.8. The van der Waals surface area contributed by atoms with E-state index in [4.69, 9.17) is 9.47 Å². The van der Waals surface area contributed by atoms with Crippen molar-refractivity contribution >= 4 is 11.9 Å². The number of ether oxygens (including phenoxy) is 2. The number of fused-ring (bicyclic) bond motifs is 7. The number of carboxylic acids is 1. The Labute approximate surface area is 254 Å². The van der Waals surface area contributed by atoms with E-state index in [2.05, 4.69) is 41.5 Å². The average Bonchev–Trinajstić information content (AvgIpc) is 3.61. The van der Waals surface area contributed by atoms with Crippen LogP contribution in [0, 0.1) is 56.7 Å². The molecule has 6 nitrogen and oxygen atoms in total. The number of aliphatic carboxylic acids is 1. The molecule has 0 aromatic carbocycles. The van der Waals surface area contributed by atoms with Gasteiger partial charge < -0.3 is 19.7 Å². The normalized spacial score (nSPS) is 50.5. The van der Waals surface area contributed by atoms with Gasteiger partial charge in [-0.25, -0.2) is 0 Å². The molecule has 2 N–H and O–H groups in total. The van der Waals surface area contributed by atoms with Crippen molar-refractivity contribution in [1.82, 2.24) is 0 Å². The molecule has 4 unspecified atom stereocenters. The van der Waals surface area contributed by atoms with Crippen LogP contribution < -0.4 is 0 Å². The van der Waals surface area contributed by atoms with Crippen LogP contribution in [-0.2, 0) is 19.1 Å². The van der Waals surface area contributed by atoms with Crippen molar-refractivity contribution in [1.29, 1.82) is 0 Å². The molecule has 1 saturated heterocycles. The van der Waals surface area contributed by atoms with E-state index in [0.29, 0.717) is 37.2 Å². The van der Waals surface area contributed by atoms with Crippen LogP contribution in [0.3, 0.4) is 0 Å². The van der Waals surface area contributed by atoms with E-state index >= 15 is 0 Å². The second-order valence-electron chi connectivity index (χ2n) is 17.1. The summed E-state index contributed by atoms with van der Waals surface area (Å²) in [4.78, 5) is 25.8. The molecule has 6 aliphatic rings. The number of carboxylic acid groups (broad SMARTS) is 1. The average molecular weight is 587 g/mol. The number of rotatable bonds is 8. The third kappa shape index (κ3) is 4.15. The summed E-state index contributed by atoms with van der Waals surface area (Å²) in [5.41, 5.74) is -0.875. The highest BCUT2D eigenvalue weighted by Crippen LogP contribution is 2.78. The van der Waals surface area contributed by atoms with E-state index in [1.165, 1.54) is 0 Å². The first-order chi connectivity index (χ1) is 19.7.